The smallest absolute Gasteiger partial charge is 0.319 e. The Hall–Kier alpha value is -2.41. The lowest BCUT2D eigenvalue weighted by atomic mass is 10.1. The van der Waals surface area contributed by atoms with Crippen molar-refractivity contribution in [1.82, 2.24) is 20.2 Å². The molecular formula is C16H20FN5O. The number of aromatic amines is 1. The number of H-pyrrole nitrogens is 1. The molecule has 2 aromatic rings. The van der Waals surface area contributed by atoms with Crippen molar-refractivity contribution in [2.75, 3.05) is 25.0 Å². The van der Waals surface area contributed by atoms with Gasteiger partial charge in [0.2, 0.25) is 0 Å². The fourth-order valence-corrected chi connectivity index (χ4v) is 2.76. The summed E-state index contributed by atoms with van der Waals surface area (Å²) in [6.45, 7) is 3.39. The summed E-state index contributed by atoms with van der Waals surface area (Å²) in [5, 5.41) is 5.57. The van der Waals surface area contributed by atoms with Crippen molar-refractivity contribution in [1.29, 1.82) is 0 Å². The minimum Gasteiger partial charge on any atom is -0.348 e. The highest BCUT2D eigenvalue weighted by molar-refractivity contribution is 5.89. The van der Waals surface area contributed by atoms with Crippen LogP contribution in [-0.4, -0.2) is 40.5 Å². The number of hydrogen-bond donors (Lipinski definition) is 3. The third-order valence-electron chi connectivity index (χ3n) is 3.95. The summed E-state index contributed by atoms with van der Waals surface area (Å²) >= 11 is 0. The van der Waals surface area contributed by atoms with E-state index in [-0.39, 0.29) is 11.8 Å². The summed E-state index contributed by atoms with van der Waals surface area (Å²) in [5.74, 6) is 1.08. The number of urea groups is 1. The van der Waals surface area contributed by atoms with Crippen LogP contribution in [-0.2, 0) is 6.54 Å². The molecule has 23 heavy (non-hydrogen) atoms. The van der Waals surface area contributed by atoms with E-state index in [1.807, 2.05) is 6.20 Å². The number of halogens is 1. The zero-order chi connectivity index (χ0) is 16.1. The number of anilines is 1. The molecule has 1 atom stereocenters. The molecule has 1 saturated heterocycles. The monoisotopic (exact) mass is 317 g/mol. The van der Waals surface area contributed by atoms with Gasteiger partial charge >= 0.3 is 6.03 Å². The molecule has 3 N–H and O–H groups in total. The Morgan fingerprint density at radius 2 is 2.22 bits per heavy atom. The first kappa shape index (κ1) is 15.5. The number of hydrogen-bond acceptors (Lipinski definition) is 3. The number of aromatic nitrogens is 2. The molecule has 1 aromatic carbocycles. The van der Waals surface area contributed by atoms with Crippen LogP contribution in [0.15, 0.2) is 36.7 Å². The van der Waals surface area contributed by atoms with Crippen molar-refractivity contribution < 1.29 is 9.18 Å². The van der Waals surface area contributed by atoms with Gasteiger partial charge in [-0.2, -0.15) is 0 Å². The number of carbonyl (C=O) groups excluding carboxylic acids is 1. The van der Waals surface area contributed by atoms with Gasteiger partial charge in [-0.15, -0.1) is 0 Å². The van der Waals surface area contributed by atoms with Crippen molar-refractivity contribution in [3.63, 3.8) is 0 Å². The number of nitrogens with zero attached hydrogens (tertiary/aromatic N) is 2. The average molecular weight is 317 g/mol. The van der Waals surface area contributed by atoms with Gasteiger partial charge in [0.25, 0.3) is 0 Å². The summed E-state index contributed by atoms with van der Waals surface area (Å²) in [7, 11) is 0. The molecule has 1 aromatic heterocycles. The van der Waals surface area contributed by atoms with Gasteiger partial charge in [0, 0.05) is 31.2 Å². The van der Waals surface area contributed by atoms with Crippen molar-refractivity contribution in [2.24, 2.45) is 5.92 Å². The molecule has 0 bridgehead atoms. The zero-order valence-electron chi connectivity index (χ0n) is 12.8. The van der Waals surface area contributed by atoms with Crippen LogP contribution in [0.5, 0.6) is 0 Å². The fraction of sp³-hybridized carbons (Fsp3) is 0.375. The number of imidazole rings is 1. The highest BCUT2D eigenvalue weighted by atomic mass is 19.1. The first-order chi connectivity index (χ1) is 11.2. The van der Waals surface area contributed by atoms with Crippen molar-refractivity contribution in [3.8, 4) is 0 Å². The van der Waals surface area contributed by atoms with E-state index in [1.54, 1.807) is 6.20 Å². The van der Waals surface area contributed by atoms with Gasteiger partial charge in [-0.25, -0.2) is 14.2 Å². The van der Waals surface area contributed by atoms with Gasteiger partial charge in [0.15, 0.2) is 0 Å². The van der Waals surface area contributed by atoms with E-state index < -0.39 is 0 Å². The molecule has 2 heterocycles. The molecular weight excluding hydrogens is 297 g/mol. The molecule has 0 aliphatic carbocycles. The van der Waals surface area contributed by atoms with Crippen LogP contribution in [0.25, 0.3) is 0 Å². The predicted octanol–water partition coefficient (Wildman–Crippen LogP) is 2.19. The van der Waals surface area contributed by atoms with Crippen LogP contribution in [0.2, 0.25) is 0 Å². The average Bonchev–Trinajstić information content (AvgIpc) is 3.20. The first-order valence-electron chi connectivity index (χ1n) is 7.70. The van der Waals surface area contributed by atoms with E-state index in [4.69, 9.17) is 0 Å². The summed E-state index contributed by atoms with van der Waals surface area (Å²) in [4.78, 5) is 21.5. The Balaban J connectivity index is 1.38. The third kappa shape index (κ3) is 4.53. The predicted molar refractivity (Wildman–Crippen MR) is 85.4 cm³/mol. The standard InChI is InChI=1S/C16H20FN5O/c17-13-1-3-14(4-2-13)21-16(23)20-9-12-5-8-22(10-12)11-15-18-6-7-19-15/h1-4,6-7,12H,5,8-11H2,(H,18,19)(H2,20,21,23). The molecule has 3 rings (SSSR count). The van der Waals surface area contributed by atoms with Gasteiger partial charge in [-0.1, -0.05) is 0 Å². The summed E-state index contributed by atoms with van der Waals surface area (Å²) in [6.07, 6.45) is 4.63. The van der Waals surface area contributed by atoms with Gasteiger partial charge in [-0.05, 0) is 43.1 Å². The topological polar surface area (TPSA) is 73.0 Å². The van der Waals surface area contributed by atoms with Crippen LogP contribution in [0.1, 0.15) is 12.2 Å². The molecule has 122 valence electrons. The number of rotatable bonds is 5. The number of amides is 2. The van der Waals surface area contributed by atoms with Gasteiger partial charge in [-0.3, -0.25) is 4.90 Å². The second-order valence-electron chi connectivity index (χ2n) is 5.77. The Labute approximate surface area is 134 Å². The summed E-state index contributed by atoms with van der Waals surface area (Å²) in [6, 6.07) is 5.45. The van der Waals surface area contributed by atoms with Crippen molar-refractivity contribution >= 4 is 11.7 Å². The lowest BCUT2D eigenvalue weighted by Crippen LogP contribution is -2.34. The minimum atomic E-state index is -0.321. The van der Waals surface area contributed by atoms with E-state index in [0.29, 0.717) is 18.2 Å². The van der Waals surface area contributed by atoms with E-state index in [9.17, 15) is 9.18 Å². The van der Waals surface area contributed by atoms with Crippen LogP contribution in [0.3, 0.4) is 0 Å². The Morgan fingerprint density at radius 1 is 1.39 bits per heavy atom. The Bertz CT molecular complexity index is 628. The molecule has 1 unspecified atom stereocenters. The maximum absolute atomic E-state index is 12.8. The molecule has 1 aliphatic heterocycles. The van der Waals surface area contributed by atoms with E-state index in [2.05, 4.69) is 25.5 Å². The molecule has 6 nitrogen and oxygen atoms in total. The quantitative estimate of drug-likeness (QED) is 0.791. The number of carbonyl (C=O) groups is 1. The highest BCUT2D eigenvalue weighted by Gasteiger charge is 2.23. The molecule has 0 spiro atoms. The van der Waals surface area contributed by atoms with Gasteiger partial charge in [0.1, 0.15) is 11.6 Å². The second kappa shape index (κ2) is 7.23. The third-order valence-corrected chi connectivity index (χ3v) is 3.95. The highest BCUT2D eigenvalue weighted by Crippen LogP contribution is 2.17. The molecule has 0 saturated carbocycles. The van der Waals surface area contributed by atoms with Gasteiger partial charge < -0.3 is 15.6 Å². The van der Waals surface area contributed by atoms with Crippen LogP contribution in [0.4, 0.5) is 14.9 Å². The van der Waals surface area contributed by atoms with Crippen molar-refractivity contribution in [3.05, 3.63) is 48.3 Å². The first-order valence-corrected chi connectivity index (χ1v) is 7.70. The molecule has 0 radical (unpaired) electrons. The van der Waals surface area contributed by atoms with Crippen LogP contribution < -0.4 is 10.6 Å². The summed E-state index contributed by atoms with van der Waals surface area (Å²) < 4.78 is 12.8. The maximum Gasteiger partial charge on any atom is 0.319 e. The lowest BCUT2D eigenvalue weighted by Gasteiger charge is -2.15. The van der Waals surface area contributed by atoms with Crippen LogP contribution >= 0.6 is 0 Å². The van der Waals surface area contributed by atoms with E-state index in [1.165, 1.54) is 24.3 Å². The van der Waals surface area contributed by atoms with Crippen LogP contribution in [0, 0.1) is 11.7 Å². The second-order valence-corrected chi connectivity index (χ2v) is 5.77. The SMILES string of the molecule is O=C(NCC1CCN(Cc2ncc[nH]2)C1)Nc1ccc(F)cc1. The largest absolute Gasteiger partial charge is 0.348 e. The number of likely N-dealkylation sites (tertiary alicyclic amines) is 1. The summed E-state index contributed by atoms with van der Waals surface area (Å²) in [5.41, 5.74) is 0.578. The normalized spacial score (nSPS) is 18.0. The maximum atomic E-state index is 12.8. The van der Waals surface area contributed by atoms with Crippen molar-refractivity contribution in [2.45, 2.75) is 13.0 Å². The molecule has 2 amide bonds. The van der Waals surface area contributed by atoms with Gasteiger partial charge in [0.05, 0.1) is 6.54 Å². The molecule has 7 heteroatoms. The lowest BCUT2D eigenvalue weighted by molar-refractivity contribution is 0.249. The minimum absolute atomic E-state index is 0.263. The zero-order valence-corrected chi connectivity index (χ0v) is 12.8. The Kier molecular flexibility index (Phi) is 4.87. The molecule has 1 fully saturated rings. The van der Waals surface area contributed by atoms with E-state index in [0.717, 1.165) is 31.9 Å². The molecule has 1 aliphatic rings. The Morgan fingerprint density at radius 3 is 2.96 bits per heavy atom. The number of nitrogens with one attached hydrogen (secondary N) is 3. The van der Waals surface area contributed by atoms with E-state index >= 15 is 0 Å². The fourth-order valence-electron chi connectivity index (χ4n) is 2.76. The number of benzene rings is 1.